The van der Waals surface area contributed by atoms with E-state index in [4.69, 9.17) is 9.47 Å². The first kappa shape index (κ1) is 20.7. The maximum Gasteiger partial charge on any atom is 0.332 e. The molecule has 2 aromatic carbocycles. The number of hydrogen-bond acceptors (Lipinski definition) is 7. The number of aliphatic imine (C=N–C) groups is 1. The SMILES string of the molecule is COc1cc(C2c3c(n(C)c(=O)n(C)c3=O)N=C3c4ccccc4C(=O)C32)cc(OC)c1O. The third-order valence-corrected chi connectivity index (χ3v) is 6.44. The number of phenolic OH excluding ortho intramolecular Hbond substituents is 1. The number of benzene rings is 2. The lowest BCUT2D eigenvalue weighted by molar-refractivity contribution is 0.0953. The summed E-state index contributed by atoms with van der Waals surface area (Å²) in [6.45, 7) is 0. The highest BCUT2D eigenvalue weighted by Crippen LogP contribution is 2.49. The van der Waals surface area contributed by atoms with Crippen molar-refractivity contribution in [3.8, 4) is 17.2 Å². The van der Waals surface area contributed by atoms with Gasteiger partial charge in [0.2, 0.25) is 5.75 Å². The molecule has 0 bridgehead atoms. The molecule has 0 saturated carbocycles. The van der Waals surface area contributed by atoms with E-state index in [0.717, 1.165) is 4.57 Å². The molecule has 1 aliphatic heterocycles. The van der Waals surface area contributed by atoms with Crippen LogP contribution in [0.3, 0.4) is 0 Å². The number of aromatic hydroxyl groups is 1. The predicted molar refractivity (Wildman–Crippen MR) is 120 cm³/mol. The highest BCUT2D eigenvalue weighted by molar-refractivity contribution is 6.30. The molecule has 1 N–H and O–H groups in total. The summed E-state index contributed by atoms with van der Waals surface area (Å²) < 4.78 is 13.0. The second-order valence-electron chi connectivity index (χ2n) is 8.08. The van der Waals surface area contributed by atoms with Gasteiger partial charge in [-0.25, -0.2) is 9.79 Å². The maximum atomic E-state index is 13.6. The fraction of sp³-hybridized carbons (Fsp3) is 0.250. The molecule has 0 radical (unpaired) electrons. The number of ketones is 1. The van der Waals surface area contributed by atoms with E-state index in [1.165, 1.54) is 25.8 Å². The Balaban J connectivity index is 1.90. The van der Waals surface area contributed by atoms with Crippen molar-refractivity contribution in [3.05, 3.63) is 79.5 Å². The monoisotopic (exact) mass is 447 g/mol. The first-order chi connectivity index (χ1) is 15.8. The second-order valence-corrected chi connectivity index (χ2v) is 8.08. The molecule has 0 spiro atoms. The van der Waals surface area contributed by atoms with Crippen molar-refractivity contribution in [3.63, 3.8) is 0 Å². The molecule has 2 atom stereocenters. The Morgan fingerprint density at radius 2 is 1.52 bits per heavy atom. The van der Waals surface area contributed by atoms with Gasteiger partial charge in [0.1, 0.15) is 5.82 Å². The summed E-state index contributed by atoms with van der Waals surface area (Å²) in [5.74, 6) is -1.43. The Labute approximate surface area is 188 Å². The zero-order valence-corrected chi connectivity index (χ0v) is 18.4. The van der Waals surface area contributed by atoms with Crippen molar-refractivity contribution < 1.29 is 19.4 Å². The molecule has 1 aromatic heterocycles. The minimum atomic E-state index is -0.779. The van der Waals surface area contributed by atoms with Crippen molar-refractivity contribution in [2.24, 2.45) is 25.0 Å². The summed E-state index contributed by atoms with van der Waals surface area (Å²) in [5, 5.41) is 10.4. The van der Waals surface area contributed by atoms with Gasteiger partial charge in [0.25, 0.3) is 5.56 Å². The Bertz CT molecular complexity index is 1470. The lowest BCUT2D eigenvalue weighted by Crippen LogP contribution is -2.43. The molecule has 3 aromatic rings. The van der Waals surface area contributed by atoms with E-state index in [1.54, 1.807) is 31.3 Å². The van der Waals surface area contributed by atoms with Crippen LogP contribution in [0.15, 0.2) is 51.0 Å². The summed E-state index contributed by atoms with van der Waals surface area (Å²) in [5.41, 5.74) is 1.39. The van der Waals surface area contributed by atoms with E-state index in [-0.39, 0.29) is 34.4 Å². The van der Waals surface area contributed by atoms with Gasteiger partial charge in [0.05, 0.1) is 31.4 Å². The average Bonchev–Trinajstić information content (AvgIpc) is 3.12. The van der Waals surface area contributed by atoms with Gasteiger partial charge >= 0.3 is 5.69 Å². The first-order valence-electron chi connectivity index (χ1n) is 10.3. The van der Waals surface area contributed by atoms with Gasteiger partial charge in [-0.3, -0.25) is 18.7 Å². The number of ether oxygens (including phenoxy) is 2. The van der Waals surface area contributed by atoms with Crippen molar-refractivity contribution in [1.82, 2.24) is 9.13 Å². The van der Waals surface area contributed by atoms with E-state index >= 15 is 0 Å². The fourth-order valence-corrected chi connectivity index (χ4v) is 4.82. The molecular formula is C24H21N3O6. The molecule has 1 aliphatic carbocycles. The van der Waals surface area contributed by atoms with Crippen LogP contribution in [0, 0.1) is 5.92 Å². The average molecular weight is 447 g/mol. The Morgan fingerprint density at radius 3 is 2.12 bits per heavy atom. The summed E-state index contributed by atoms with van der Waals surface area (Å²) in [4.78, 5) is 44.3. The van der Waals surface area contributed by atoms with Gasteiger partial charge in [-0.05, 0) is 17.7 Å². The van der Waals surface area contributed by atoms with E-state index in [1.807, 2.05) is 12.1 Å². The lowest BCUT2D eigenvalue weighted by Gasteiger charge is -2.30. The number of Topliss-reactive ketones (excluding diaryl/α,β-unsaturated/α-hetero) is 1. The number of nitrogens with zero attached hydrogens (tertiary/aromatic N) is 3. The minimum Gasteiger partial charge on any atom is -0.502 e. The van der Waals surface area contributed by atoms with Crippen LogP contribution in [0.2, 0.25) is 0 Å². The number of carbonyl (C=O) groups excluding carboxylic acids is 1. The quantitative estimate of drug-likeness (QED) is 0.656. The molecule has 2 aliphatic rings. The number of methoxy groups -OCH3 is 2. The number of aromatic nitrogens is 2. The van der Waals surface area contributed by atoms with E-state index < -0.39 is 23.1 Å². The molecule has 33 heavy (non-hydrogen) atoms. The van der Waals surface area contributed by atoms with Crippen LogP contribution in [-0.4, -0.2) is 40.0 Å². The summed E-state index contributed by atoms with van der Waals surface area (Å²) in [6.07, 6.45) is 0. The van der Waals surface area contributed by atoms with Crippen molar-refractivity contribution >= 4 is 17.3 Å². The Kier molecular flexibility index (Phi) is 4.52. The lowest BCUT2D eigenvalue weighted by atomic mass is 9.76. The molecule has 2 unspecified atom stereocenters. The van der Waals surface area contributed by atoms with Gasteiger partial charge in [-0.15, -0.1) is 0 Å². The molecule has 9 heteroatoms. The zero-order chi connectivity index (χ0) is 23.6. The van der Waals surface area contributed by atoms with Crippen molar-refractivity contribution in [2.45, 2.75) is 5.92 Å². The Morgan fingerprint density at radius 1 is 0.909 bits per heavy atom. The molecule has 2 heterocycles. The second kappa shape index (κ2) is 7.19. The fourth-order valence-electron chi connectivity index (χ4n) is 4.82. The molecule has 168 valence electrons. The first-order valence-corrected chi connectivity index (χ1v) is 10.3. The Hall–Kier alpha value is -4.14. The molecule has 0 saturated heterocycles. The largest absolute Gasteiger partial charge is 0.502 e. The third-order valence-electron chi connectivity index (χ3n) is 6.44. The zero-order valence-electron chi connectivity index (χ0n) is 18.4. The van der Waals surface area contributed by atoms with Crippen molar-refractivity contribution in [1.29, 1.82) is 0 Å². The van der Waals surface area contributed by atoms with Crippen LogP contribution in [0.25, 0.3) is 0 Å². The normalized spacial score (nSPS) is 18.3. The van der Waals surface area contributed by atoms with Crippen LogP contribution >= 0.6 is 0 Å². The van der Waals surface area contributed by atoms with Gasteiger partial charge in [-0.1, -0.05) is 24.3 Å². The van der Waals surface area contributed by atoms with Crippen LogP contribution in [0.1, 0.15) is 33.0 Å². The van der Waals surface area contributed by atoms with E-state index in [9.17, 15) is 19.5 Å². The summed E-state index contributed by atoms with van der Waals surface area (Å²) in [6, 6.07) is 10.3. The molecule has 9 nitrogen and oxygen atoms in total. The number of carbonyl (C=O) groups is 1. The standard InChI is InChI=1S/C24H21N3O6/c1-26-22-18(23(30)27(2)24(26)31)16(11-9-14(32-3)21(29)15(10-11)33-4)17-19(25-22)12-7-5-6-8-13(12)20(17)28/h5-10,16-17,29H,1-4H3. The molecular weight excluding hydrogens is 426 g/mol. The van der Waals surface area contributed by atoms with Crippen molar-refractivity contribution in [2.75, 3.05) is 14.2 Å². The van der Waals surface area contributed by atoms with Crippen LogP contribution in [0.5, 0.6) is 17.2 Å². The van der Waals surface area contributed by atoms with Crippen LogP contribution < -0.4 is 20.7 Å². The van der Waals surface area contributed by atoms with E-state index in [2.05, 4.69) is 4.99 Å². The van der Waals surface area contributed by atoms with Gasteiger partial charge in [0.15, 0.2) is 17.3 Å². The highest BCUT2D eigenvalue weighted by atomic mass is 16.5. The number of rotatable bonds is 3. The molecule has 0 amide bonds. The predicted octanol–water partition coefficient (Wildman–Crippen LogP) is 1.89. The summed E-state index contributed by atoms with van der Waals surface area (Å²) >= 11 is 0. The third kappa shape index (κ3) is 2.71. The number of fused-ring (bicyclic) bond motifs is 4. The van der Waals surface area contributed by atoms with E-state index in [0.29, 0.717) is 22.4 Å². The van der Waals surface area contributed by atoms with Crippen LogP contribution in [-0.2, 0) is 14.1 Å². The topological polar surface area (TPSA) is 112 Å². The number of hydrogen-bond donors (Lipinski definition) is 1. The highest BCUT2D eigenvalue weighted by Gasteiger charge is 2.48. The molecule has 5 rings (SSSR count). The molecule has 0 fully saturated rings. The number of phenols is 1. The maximum absolute atomic E-state index is 13.6. The summed E-state index contributed by atoms with van der Waals surface area (Å²) in [7, 11) is 5.74. The van der Waals surface area contributed by atoms with Gasteiger partial charge in [0, 0.05) is 31.1 Å². The van der Waals surface area contributed by atoms with Gasteiger partial charge in [-0.2, -0.15) is 0 Å². The minimum absolute atomic E-state index is 0.138. The van der Waals surface area contributed by atoms with Gasteiger partial charge < -0.3 is 14.6 Å². The smallest absolute Gasteiger partial charge is 0.332 e. The van der Waals surface area contributed by atoms with Crippen LogP contribution in [0.4, 0.5) is 5.82 Å².